The SMILES string of the molecule is c1ccc(CCCN2CCC(n3cccn3)CC2)cc1. The van der Waals surface area contributed by atoms with Gasteiger partial charge in [-0.3, -0.25) is 4.68 Å². The van der Waals surface area contributed by atoms with Crippen LogP contribution in [0, 0.1) is 0 Å². The molecule has 1 aromatic carbocycles. The van der Waals surface area contributed by atoms with Crippen molar-refractivity contribution >= 4 is 0 Å². The molecule has 1 saturated heterocycles. The second-order valence-corrected chi connectivity index (χ2v) is 5.65. The number of nitrogens with zero attached hydrogens (tertiary/aromatic N) is 3. The van der Waals surface area contributed by atoms with Crippen molar-refractivity contribution in [3.05, 3.63) is 54.4 Å². The lowest BCUT2D eigenvalue weighted by Crippen LogP contribution is -2.35. The lowest BCUT2D eigenvalue weighted by Gasteiger charge is -2.32. The van der Waals surface area contributed by atoms with Crippen LogP contribution in [0.1, 0.15) is 30.9 Å². The number of rotatable bonds is 5. The molecular formula is C17H23N3. The van der Waals surface area contributed by atoms with E-state index in [1.807, 2.05) is 12.3 Å². The number of hydrogen-bond donors (Lipinski definition) is 0. The standard InChI is InChI=1S/C17H23N3/c1-2-6-16(7-3-1)8-4-12-19-14-9-17(10-15-19)20-13-5-11-18-20/h1-3,5-7,11,13,17H,4,8-10,12,14-15H2. The normalized spacial score (nSPS) is 17.4. The molecule has 1 aromatic heterocycles. The number of hydrogen-bond acceptors (Lipinski definition) is 2. The van der Waals surface area contributed by atoms with Gasteiger partial charge >= 0.3 is 0 Å². The number of benzene rings is 1. The van der Waals surface area contributed by atoms with Gasteiger partial charge in [-0.05, 0) is 43.9 Å². The first-order valence-electron chi connectivity index (χ1n) is 7.67. The molecule has 3 heteroatoms. The van der Waals surface area contributed by atoms with E-state index in [4.69, 9.17) is 0 Å². The lowest BCUT2D eigenvalue weighted by atomic mass is 10.0. The van der Waals surface area contributed by atoms with Gasteiger partial charge in [-0.2, -0.15) is 5.10 Å². The Morgan fingerprint density at radius 3 is 2.55 bits per heavy atom. The molecule has 3 rings (SSSR count). The topological polar surface area (TPSA) is 21.1 Å². The van der Waals surface area contributed by atoms with Gasteiger partial charge in [0, 0.05) is 25.5 Å². The van der Waals surface area contributed by atoms with Gasteiger partial charge in [-0.1, -0.05) is 30.3 Å². The number of likely N-dealkylation sites (tertiary alicyclic amines) is 1. The minimum Gasteiger partial charge on any atom is -0.303 e. The minimum absolute atomic E-state index is 0.607. The van der Waals surface area contributed by atoms with Gasteiger partial charge in [0.05, 0.1) is 6.04 Å². The fourth-order valence-corrected chi connectivity index (χ4v) is 3.06. The molecule has 1 aliphatic rings. The first-order valence-corrected chi connectivity index (χ1v) is 7.67. The molecule has 1 aliphatic heterocycles. The van der Waals surface area contributed by atoms with Crippen LogP contribution in [-0.4, -0.2) is 34.3 Å². The van der Waals surface area contributed by atoms with Gasteiger partial charge < -0.3 is 4.90 Å². The van der Waals surface area contributed by atoms with Gasteiger partial charge in [0.15, 0.2) is 0 Å². The van der Waals surface area contributed by atoms with Crippen LogP contribution < -0.4 is 0 Å². The third kappa shape index (κ3) is 3.48. The van der Waals surface area contributed by atoms with Gasteiger partial charge in [-0.15, -0.1) is 0 Å². The minimum atomic E-state index is 0.607. The maximum atomic E-state index is 4.36. The molecule has 20 heavy (non-hydrogen) atoms. The van der Waals surface area contributed by atoms with E-state index in [1.54, 1.807) is 0 Å². The molecule has 0 atom stereocenters. The number of aromatic nitrogens is 2. The molecule has 0 bridgehead atoms. The Kier molecular flexibility index (Phi) is 4.49. The molecule has 0 unspecified atom stereocenters. The third-order valence-electron chi connectivity index (χ3n) is 4.24. The monoisotopic (exact) mass is 269 g/mol. The van der Waals surface area contributed by atoms with Crippen molar-refractivity contribution in [3.63, 3.8) is 0 Å². The maximum absolute atomic E-state index is 4.36. The molecule has 0 saturated carbocycles. The Balaban J connectivity index is 1.39. The smallest absolute Gasteiger partial charge is 0.0543 e. The van der Waals surface area contributed by atoms with Crippen LogP contribution in [0.3, 0.4) is 0 Å². The van der Waals surface area contributed by atoms with Gasteiger partial charge in [0.2, 0.25) is 0 Å². The highest BCUT2D eigenvalue weighted by atomic mass is 15.3. The van der Waals surface area contributed by atoms with Crippen molar-refractivity contribution < 1.29 is 0 Å². The summed E-state index contributed by atoms with van der Waals surface area (Å²) in [6.07, 6.45) is 8.89. The molecule has 0 N–H and O–H groups in total. The zero-order valence-corrected chi connectivity index (χ0v) is 12.0. The van der Waals surface area contributed by atoms with Crippen LogP contribution in [0.2, 0.25) is 0 Å². The van der Waals surface area contributed by atoms with Crippen LogP contribution in [0.5, 0.6) is 0 Å². The van der Waals surface area contributed by atoms with E-state index in [2.05, 4.69) is 51.2 Å². The van der Waals surface area contributed by atoms with Crippen molar-refractivity contribution in [2.45, 2.75) is 31.7 Å². The van der Waals surface area contributed by atoms with Crippen LogP contribution in [0.25, 0.3) is 0 Å². The van der Waals surface area contributed by atoms with E-state index in [0.717, 1.165) is 0 Å². The molecule has 0 aliphatic carbocycles. The molecule has 2 heterocycles. The van der Waals surface area contributed by atoms with Crippen molar-refractivity contribution in [2.24, 2.45) is 0 Å². The first kappa shape index (κ1) is 13.4. The van der Waals surface area contributed by atoms with Gasteiger partial charge in [-0.25, -0.2) is 0 Å². The Morgan fingerprint density at radius 1 is 1.05 bits per heavy atom. The lowest BCUT2D eigenvalue weighted by molar-refractivity contribution is 0.178. The van der Waals surface area contributed by atoms with Crippen molar-refractivity contribution in [1.29, 1.82) is 0 Å². The molecule has 2 aromatic rings. The van der Waals surface area contributed by atoms with E-state index in [0.29, 0.717) is 6.04 Å². The summed E-state index contributed by atoms with van der Waals surface area (Å²) in [6, 6.07) is 13.4. The summed E-state index contributed by atoms with van der Waals surface area (Å²) in [5, 5.41) is 4.36. The molecule has 0 spiro atoms. The predicted molar refractivity (Wildman–Crippen MR) is 81.7 cm³/mol. The summed E-state index contributed by atoms with van der Waals surface area (Å²) < 4.78 is 2.13. The molecular weight excluding hydrogens is 246 g/mol. The van der Waals surface area contributed by atoms with Crippen LogP contribution >= 0.6 is 0 Å². The Labute approximate surface area is 121 Å². The molecule has 106 valence electrons. The highest BCUT2D eigenvalue weighted by Gasteiger charge is 2.19. The summed E-state index contributed by atoms with van der Waals surface area (Å²) in [5.74, 6) is 0. The maximum Gasteiger partial charge on any atom is 0.0543 e. The quantitative estimate of drug-likeness (QED) is 0.831. The van der Waals surface area contributed by atoms with Crippen LogP contribution in [-0.2, 0) is 6.42 Å². The van der Waals surface area contributed by atoms with Crippen molar-refractivity contribution in [1.82, 2.24) is 14.7 Å². The average Bonchev–Trinajstić information content (AvgIpc) is 3.03. The van der Waals surface area contributed by atoms with Crippen LogP contribution in [0.4, 0.5) is 0 Å². The molecule has 3 nitrogen and oxygen atoms in total. The second-order valence-electron chi connectivity index (χ2n) is 5.65. The molecule has 1 fully saturated rings. The molecule has 0 radical (unpaired) electrons. The van der Waals surface area contributed by atoms with E-state index >= 15 is 0 Å². The number of piperidine rings is 1. The zero-order chi connectivity index (χ0) is 13.6. The Bertz CT molecular complexity index is 484. The van der Waals surface area contributed by atoms with Crippen LogP contribution in [0.15, 0.2) is 48.8 Å². The zero-order valence-electron chi connectivity index (χ0n) is 12.0. The first-order chi connectivity index (χ1) is 9.92. The Morgan fingerprint density at radius 2 is 1.85 bits per heavy atom. The van der Waals surface area contributed by atoms with E-state index in [1.165, 1.54) is 50.9 Å². The molecule has 0 amide bonds. The fraction of sp³-hybridized carbons (Fsp3) is 0.471. The highest BCUT2D eigenvalue weighted by Crippen LogP contribution is 2.21. The largest absolute Gasteiger partial charge is 0.303 e. The van der Waals surface area contributed by atoms with E-state index in [9.17, 15) is 0 Å². The average molecular weight is 269 g/mol. The summed E-state index contributed by atoms with van der Waals surface area (Å²) in [4.78, 5) is 2.60. The highest BCUT2D eigenvalue weighted by molar-refractivity contribution is 5.14. The van der Waals surface area contributed by atoms with Gasteiger partial charge in [0.1, 0.15) is 0 Å². The summed E-state index contributed by atoms with van der Waals surface area (Å²) in [7, 11) is 0. The summed E-state index contributed by atoms with van der Waals surface area (Å²) >= 11 is 0. The van der Waals surface area contributed by atoms with E-state index in [-0.39, 0.29) is 0 Å². The Hall–Kier alpha value is -1.61. The fourth-order valence-electron chi connectivity index (χ4n) is 3.06. The summed E-state index contributed by atoms with van der Waals surface area (Å²) in [6.45, 7) is 3.64. The van der Waals surface area contributed by atoms with Gasteiger partial charge in [0.25, 0.3) is 0 Å². The van der Waals surface area contributed by atoms with E-state index < -0.39 is 0 Å². The van der Waals surface area contributed by atoms with Crippen molar-refractivity contribution in [3.8, 4) is 0 Å². The number of aryl methyl sites for hydroxylation is 1. The van der Waals surface area contributed by atoms with Crippen molar-refractivity contribution in [2.75, 3.05) is 19.6 Å². The summed E-state index contributed by atoms with van der Waals surface area (Å²) in [5.41, 5.74) is 1.46. The predicted octanol–water partition coefficient (Wildman–Crippen LogP) is 3.15. The second kappa shape index (κ2) is 6.71. The third-order valence-corrected chi connectivity index (χ3v) is 4.24.